The van der Waals surface area contributed by atoms with Gasteiger partial charge in [0.25, 0.3) is 10.0 Å². The normalized spacial score (nSPS) is 11.3. The molecular weight excluding hydrogens is 559 g/mol. The first kappa shape index (κ1) is 28.0. The number of nitrogens with zero attached hydrogens (tertiary/aromatic N) is 1. The maximum atomic E-state index is 13.7. The van der Waals surface area contributed by atoms with E-state index in [2.05, 4.69) is 5.32 Å². The molecule has 5 nitrogen and oxygen atoms in total. The Labute approximate surface area is 237 Å². The molecule has 38 heavy (non-hydrogen) atoms. The number of rotatable bonds is 9. The molecule has 0 atom stereocenters. The lowest BCUT2D eigenvalue weighted by Crippen LogP contribution is -2.38. The van der Waals surface area contributed by atoms with Gasteiger partial charge in [-0.15, -0.1) is 11.8 Å². The van der Waals surface area contributed by atoms with Crippen molar-refractivity contribution in [2.75, 3.05) is 16.2 Å². The lowest BCUT2D eigenvalue weighted by Gasteiger charge is -2.26. The van der Waals surface area contributed by atoms with Crippen molar-refractivity contribution in [1.29, 1.82) is 0 Å². The lowest BCUT2D eigenvalue weighted by atomic mass is 10.2. The van der Waals surface area contributed by atoms with E-state index in [4.69, 9.17) is 23.2 Å². The average Bonchev–Trinajstić information content (AvgIpc) is 2.88. The monoisotopic (exact) mass is 584 g/mol. The molecule has 0 radical (unpaired) electrons. The summed E-state index contributed by atoms with van der Waals surface area (Å²) < 4.78 is 28.6. The predicted molar refractivity (Wildman–Crippen MR) is 158 cm³/mol. The van der Waals surface area contributed by atoms with Crippen LogP contribution in [0, 0.1) is 13.8 Å². The molecule has 0 aliphatic heterocycles. The van der Waals surface area contributed by atoms with E-state index in [0.29, 0.717) is 32.7 Å². The number of amides is 1. The molecule has 0 aliphatic carbocycles. The molecule has 0 heterocycles. The molecule has 0 aromatic heterocycles. The van der Waals surface area contributed by atoms with Gasteiger partial charge in [-0.1, -0.05) is 65.2 Å². The van der Waals surface area contributed by atoms with Crippen LogP contribution in [0.3, 0.4) is 0 Å². The summed E-state index contributed by atoms with van der Waals surface area (Å²) in [6, 6.07) is 26.5. The highest BCUT2D eigenvalue weighted by Crippen LogP contribution is 2.32. The fourth-order valence-corrected chi connectivity index (χ4v) is 6.60. The van der Waals surface area contributed by atoms with E-state index in [1.165, 1.54) is 0 Å². The van der Waals surface area contributed by atoms with Crippen molar-refractivity contribution < 1.29 is 13.2 Å². The number of halogens is 2. The summed E-state index contributed by atoms with van der Waals surface area (Å²) in [7, 11) is -4.04. The summed E-state index contributed by atoms with van der Waals surface area (Å²) >= 11 is 13.7. The van der Waals surface area contributed by atoms with Gasteiger partial charge in [0.05, 0.1) is 16.3 Å². The molecular formula is C29H26Cl2N2O3S2. The Kier molecular flexibility index (Phi) is 9.05. The molecule has 0 saturated heterocycles. The summed E-state index contributed by atoms with van der Waals surface area (Å²) in [6.45, 7) is 3.24. The van der Waals surface area contributed by atoms with Crippen molar-refractivity contribution in [3.8, 4) is 0 Å². The van der Waals surface area contributed by atoms with E-state index in [0.717, 1.165) is 20.3 Å². The molecule has 0 saturated carbocycles. The van der Waals surface area contributed by atoms with Gasteiger partial charge < -0.3 is 5.32 Å². The number of aryl methyl sites for hydroxylation is 2. The minimum Gasteiger partial charge on any atom is -0.323 e. The Hall–Kier alpha value is -2.97. The summed E-state index contributed by atoms with van der Waals surface area (Å²) in [6.07, 6.45) is 0. The van der Waals surface area contributed by atoms with Gasteiger partial charge in [-0.25, -0.2) is 8.42 Å². The van der Waals surface area contributed by atoms with E-state index in [-0.39, 0.29) is 4.90 Å². The van der Waals surface area contributed by atoms with Crippen LogP contribution in [0.25, 0.3) is 0 Å². The highest BCUT2D eigenvalue weighted by atomic mass is 35.5. The molecule has 0 spiro atoms. The zero-order chi connectivity index (χ0) is 27.3. The van der Waals surface area contributed by atoms with Crippen LogP contribution in [-0.2, 0) is 20.6 Å². The first-order chi connectivity index (χ1) is 18.1. The number of carbonyl (C=O) groups is 1. The summed E-state index contributed by atoms with van der Waals surface area (Å²) in [4.78, 5) is 14.3. The summed E-state index contributed by atoms with van der Waals surface area (Å²) in [5, 5.41) is 4.06. The number of thioether (sulfide) groups is 1. The molecule has 4 aromatic carbocycles. The maximum absolute atomic E-state index is 13.7. The van der Waals surface area contributed by atoms with Crippen LogP contribution < -0.4 is 9.62 Å². The molecule has 0 bridgehead atoms. The smallest absolute Gasteiger partial charge is 0.264 e. The van der Waals surface area contributed by atoms with Gasteiger partial charge in [-0.05, 0) is 79.6 Å². The van der Waals surface area contributed by atoms with Crippen molar-refractivity contribution in [2.24, 2.45) is 0 Å². The van der Waals surface area contributed by atoms with Gasteiger partial charge >= 0.3 is 0 Å². The van der Waals surface area contributed by atoms with Crippen LogP contribution >= 0.6 is 35.0 Å². The van der Waals surface area contributed by atoms with E-state index >= 15 is 0 Å². The molecule has 4 rings (SSSR count). The van der Waals surface area contributed by atoms with Gasteiger partial charge in [-0.2, -0.15) is 0 Å². The second-order valence-electron chi connectivity index (χ2n) is 8.72. The highest BCUT2D eigenvalue weighted by molar-refractivity contribution is 7.98. The van der Waals surface area contributed by atoms with Crippen LogP contribution in [0.1, 0.15) is 16.7 Å². The first-order valence-electron chi connectivity index (χ1n) is 11.7. The molecule has 1 amide bonds. The van der Waals surface area contributed by atoms with Crippen molar-refractivity contribution in [2.45, 2.75) is 29.4 Å². The van der Waals surface area contributed by atoms with Crippen molar-refractivity contribution in [3.05, 3.63) is 118 Å². The van der Waals surface area contributed by atoms with Gasteiger partial charge in [0.1, 0.15) is 6.54 Å². The quantitative estimate of drug-likeness (QED) is 0.204. The largest absolute Gasteiger partial charge is 0.323 e. The number of para-hydroxylation sites is 1. The molecule has 0 unspecified atom stereocenters. The third-order valence-electron chi connectivity index (χ3n) is 5.79. The number of benzene rings is 4. The van der Waals surface area contributed by atoms with E-state index in [9.17, 15) is 13.2 Å². The average molecular weight is 586 g/mol. The van der Waals surface area contributed by atoms with Crippen molar-refractivity contribution >= 4 is 62.3 Å². The number of anilines is 2. The lowest BCUT2D eigenvalue weighted by molar-refractivity contribution is -0.114. The third-order valence-corrected chi connectivity index (χ3v) is 9.20. The Bertz CT molecular complexity index is 1540. The standard InChI is InChI=1S/C29H26Cl2N2O3S2/c1-20-7-14-25(15-8-20)38(35,36)33(27-16-13-24(31)17-21(27)2)18-29(34)32-26-5-3-4-6-28(26)37-19-22-9-11-23(30)12-10-22/h3-17H,18-19H2,1-2H3,(H,32,34). The van der Waals surface area contributed by atoms with Crippen LogP contribution in [0.4, 0.5) is 11.4 Å². The molecule has 1 N–H and O–H groups in total. The SMILES string of the molecule is Cc1ccc(S(=O)(=O)N(CC(=O)Nc2ccccc2SCc2ccc(Cl)cc2)c2ccc(Cl)cc2C)cc1. The number of nitrogens with one attached hydrogen (secondary N) is 1. The van der Waals surface area contributed by atoms with E-state index in [1.807, 2.05) is 49.4 Å². The molecule has 0 fully saturated rings. The molecule has 9 heteroatoms. The minimum absolute atomic E-state index is 0.101. The van der Waals surface area contributed by atoms with Crippen LogP contribution in [0.2, 0.25) is 10.0 Å². The Morgan fingerprint density at radius 1 is 0.868 bits per heavy atom. The zero-order valence-corrected chi connectivity index (χ0v) is 24.0. The Morgan fingerprint density at radius 2 is 1.53 bits per heavy atom. The van der Waals surface area contributed by atoms with Gasteiger partial charge in [0.2, 0.25) is 5.91 Å². The van der Waals surface area contributed by atoms with E-state index in [1.54, 1.807) is 67.2 Å². The maximum Gasteiger partial charge on any atom is 0.264 e. The fraction of sp³-hybridized carbons (Fsp3) is 0.138. The highest BCUT2D eigenvalue weighted by Gasteiger charge is 2.28. The van der Waals surface area contributed by atoms with Crippen LogP contribution in [-0.4, -0.2) is 20.9 Å². The first-order valence-corrected chi connectivity index (χ1v) is 14.9. The zero-order valence-electron chi connectivity index (χ0n) is 20.8. The minimum atomic E-state index is -4.04. The second-order valence-corrected chi connectivity index (χ2v) is 12.5. The molecule has 0 aliphatic rings. The van der Waals surface area contributed by atoms with Crippen molar-refractivity contribution in [3.63, 3.8) is 0 Å². The molecule has 4 aromatic rings. The summed E-state index contributed by atoms with van der Waals surface area (Å²) in [5.74, 6) is 0.219. The van der Waals surface area contributed by atoms with Crippen molar-refractivity contribution in [1.82, 2.24) is 0 Å². The van der Waals surface area contributed by atoms with E-state index < -0.39 is 22.5 Å². The van der Waals surface area contributed by atoms with Crippen LogP contribution in [0.15, 0.2) is 101 Å². The fourth-order valence-electron chi connectivity index (χ4n) is 3.79. The topological polar surface area (TPSA) is 66.5 Å². The number of sulfonamides is 1. The number of hydrogen-bond acceptors (Lipinski definition) is 4. The Balaban J connectivity index is 1.59. The van der Waals surface area contributed by atoms with Gasteiger partial charge in [0.15, 0.2) is 0 Å². The number of hydrogen-bond donors (Lipinski definition) is 1. The molecule has 196 valence electrons. The Morgan fingerprint density at radius 3 is 2.21 bits per heavy atom. The van der Waals surface area contributed by atoms with Gasteiger partial charge in [0, 0.05) is 20.7 Å². The van der Waals surface area contributed by atoms with Gasteiger partial charge in [-0.3, -0.25) is 9.10 Å². The summed E-state index contributed by atoms with van der Waals surface area (Å²) in [5.41, 5.74) is 3.66. The predicted octanol–water partition coefficient (Wildman–Crippen LogP) is 7.74. The number of carbonyl (C=O) groups excluding carboxylic acids is 1. The second kappa shape index (κ2) is 12.3. The van der Waals surface area contributed by atoms with Crippen LogP contribution in [0.5, 0.6) is 0 Å². The third kappa shape index (κ3) is 6.91.